The summed E-state index contributed by atoms with van der Waals surface area (Å²) in [4.78, 5) is 40.9. The summed E-state index contributed by atoms with van der Waals surface area (Å²) in [5.41, 5.74) is 2.72. The first-order chi connectivity index (χ1) is 16.0. The van der Waals surface area contributed by atoms with Crippen LogP contribution in [0.3, 0.4) is 0 Å². The Morgan fingerprint density at radius 1 is 1.12 bits per heavy atom. The normalized spacial score (nSPS) is 11.4. The van der Waals surface area contributed by atoms with Gasteiger partial charge in [0.05, 0.1) is 5.69 Å². The highest BCUT2D eigenvalue weighted by Crippen LogP contribution is 2.24. The van der Waals surface area contributed by atoms with E-state index in [-0.39, 0.29) is 12.5 Å². The van der Waals surface area contributed by atoms with Crippen LogP contribution >= 0.6 is 23.1 Å². The number of rotatable bonds is 10. The second-order valence-corrected chi connectivity index (χ2v) is 8.90. The van der Waals surface area contributed by atoms with Gasteiger partial charge in [0.15, 0.2) is 5.13 Å². The Balaban J connectivity index is 1.67. The Morgan fingerprint density at radius 3 is 2.64 bits per heavy atom. The topological polar surface area (TPSA) is 120 Å². The molecule has 172 valence electrons. The first kappa shape index (κ1) is 24.3. The number of hydrogen-bond acceptors (Lipinski definition) is 6. The van der Waals surface area contributed by atoms with E-state index >= 15 is 0 Å². The van der Waals surface area contributed by atoms with Crippen LogP contribution in [-0.4, -0.2) is 46.0 Å². The molecule has 0 saturated heterocycles. The molecule has 2 aromatic carbocycles. The van der Waals surface area contributed by atoms with Gasteiger partial charge in [-0.05, 0) is 36.1 Å². The molecule has 1 atom stereocenters. The molecule has 0 saturated carbocycles. The molecule has 3 rings (SSSR count). The summed E-state index contributed by atoms with van der Waals surface area (Å²) >= 11 is 2.90. The third-order valence-electron chi connectivity index (χ3n) is 4.67. The lowest BCUT2D eigenvalue weighted by Crippen LogP contribution is -2.44. The van der Waals surface area contributed by atoms with Gasteiger partial charge >= 0.3 is 6.09 Å². The summed E-state index contributed by atoms with van der Waals surface area (Å²) in [6.45, 7) is 0.0840. The zero-order valence-corrected chi connectivity index (χ0v) is 19.5. The van der Waals surface area contributed by atoms with Gasteiger partial charge in [-0.25, -0.2) is 9.78 Å². The predicted molar refractivity (Wildman–Crippen MR) is 132 cm³/mol. The third kappa shape index (κ3) is 7.33. The number of carbonyl (C=O) groups is 3. The van der Waals surface area contributed by atoms with E-state index in [1.807, 2.05) is 42.0 Å². The van der Waals surface area contributed by atoms with Crippen LogP contribution in [0.1, 0.15) is 22.3 Å². The van der Waals surface area contributed by atoms with Gasteiger partial charge in [-0.3, -0.25) is 9.59 Å². The van der Waals surface area contributed by atoms with Crippen LogP contribution in [0.2, 0.25) is 0 Å². The van der Waals surface area contributed by atoms with Crippen molar-refractivity contribution in [2.45, 2.75) is 19.0 Å². The predicted octanol–water partition coefficient (Wildman–Crippen LogP) is 4.07. The number of benzene rings is 2. The number of thiazole rings is 1. The number of aromatic nitrogens is 1. The highest BCUT2D eigenvalue weighted by atomic mass is 32.2. The number of hydrogen-bond donors (Lipinski definition) is 4. The molecule has 0 aliphatic heterocycles. The molecule has 3 aromatic rings. The summed E-state index contributed by atoms with van der Waals surface area (Å²) < 4.78 is 0. The molecule has 1 heterocycles. The van der Waals surface area contributed by atoms with E-state index in [0.29, 0.717) is 28.4 Å². The zero-order chi connectivity index (χ0) is 23.6. The van der Waals surface area contributed by atoms with Crippen LogP contribution in [0.15, 0.2) is 60.0 Å². The standard InChI is InChI=1S/C23H24N4O4S2/c1-32-11-10-18(25-20(28)17-9-5-6-15(12-17)13-24-23(30)31)21(29)27-22-26-19(14-33-22)16-7-3-2-4-8-16/h2-9,12,14,18,24H,10-11,13H2,1H3,(H,25,28)(H,30,31)(H,26,27,29). The number of anilines is 1. The molecule has 0 bridgehead atoms. The number of carbonyl (C=O) groups excluding carboxylic acids is 2. The first-order valence-electron chi connectivity index (χ1n) is 10.1. The van der Waals surface area contributed by atoms with Crippen molar-refractivity contribution in [3.05, 3.63) is 71.1 Å². The van der Waals surface area contributed by atoms with Crippen LogP contribution in [0.4, 0.5) is 9.93 Å². The maximum atomic E-state index is 12.9. The van der Waals surface area contributed by atoms with Crippen molar-refractivity contribution in [2.75, 3.05) is 17.3 Å². The van der Waals surface area contributed by atoms with E-state index in [2.05, 4.69) is 20.9 Å². The van der Waals surface area contributed by atoms with E-state index in [1.54, 1.807) is 36.0 Å². The third-order valence-corrected chi connectivity index (χ3v) is 6.07. The Hall–Kier alpha value is -3.37. The highest BCUT2D eigenvalue weighted by Gasteiger charge is 2.22. The van der Waals surface area contributed by atoms with Gasteiger partial charge in [0.25, 0.3) is 5.91 Å². The SMILES string of the molecule is CSCCC(NC(=O)c1cccc(CNC(=O)O)c1)C(=O)Nc1nc(-c2ccccc2)cs1. The maximum Gasteiger partial charge on any atom is 0.404 e. The van der Waals surface area contributed by atoms with Crippen molar-refractivity contribution in [2.24, 2.45) is 0 Å². The van der Waals surface area contributed by atoms with Crippen molar-refractivity contribution < 1.29 is 19.5 Å². The van der Waals surface area contributed by atoms with Crippen LogP contribution in [0, 0.1) is 0 Å². The van der Waals surface area contributed by atoms with Crippen molar-refractivity contribution in [3.63, 3.8) is 0 Å². The average Bonchev–Trinajstić information content (AvgIpc) is 3.29. The molecular weight excluding hydrogens is 460 g/mol. The fraction of sp³-hybridized carbons (Fsp3) is 0.217. The van der Waals surface area contributed by atoms with E-state index in [4.69, 9.17) is 5.11 Å². The quantitative estimate of drug-likeness (QED) is 0.344. The number of nitrogens with one attached hydrogen (secondary N) is 3. The molecule has 8 nitrogen and oxygen atoms in total. The van der Waals surface area contributed by atoms with Crippen molar-refractivity contribution >= 4 is 46.1 Å². The van der Waals surface area contributed by atoms with Crippen LogP contribution in [0.25, 0.3) is 11.3 Å². The van der Waals surface area contributed by atoms with Gasteiger partial charge in [0, 0.05) is 23.1 Å². The Bertz CT molecular complexity index is 1100. The number of amides is 3. The Morgan fingerprint density at radius 2 is 1.91 bits per heavy atom. The van der Waals surface area contributed by atoms with Crippen molar-refractivity contribution in [1.82, 2.24) is 15.6 Å². The molecule has 0 spiro atoms. The monoisotopic (exact) mass is 484 g/mol. The molecule has 1 unspecified atom stereocenters. The van der Waals surface area contributed by atoms with Gasteiger partial charge in [-0.15, -0.1) is 11.3 Å². The number of carboxylic acid groups (broad SMARTS) is 1. The van der Waals surface area contributed by atoms with E-state index in [0.717, 1.165) is 11.3 Å². The second kappa shape index (κ2) is 12.0. The molecule has 0 aliphatic rings. The Kier molecular flexibility index (Phi) is 8.85. The molecule has 4 N–H and O–H groups in total. The van der Waals surface area contributed by atoms with Crippen LogP contribution < -0.4 is 16.0 Å². The molecule has 33 heavy (non-hydrogen) atoms. The largest absolute Gasteiger partial charge is 0.465 e. The summed E-state index contributed by atoms with van der Waals surface area (Å²) in [6.07, 6.45) is 1.25. The lowest BCUT2D eigenvalue weighted by atomic mass is 10.1. The summed E-state index contributed by atoms with van der Waals surface area (Å²) in [6, 6.07) is 15.5. The highest BCUT2D eigenvalue weighted by molar-refractivity contribution is 7.98. The lowest BCUT2D eigenvalue weighted by Gasteiger charge is -2.17. The molecule has 0 radical (unpaired) electrons. The van der Waals surface area contributed by atoms with Crippen LogP contribution in [0.5, 0.6) is 0 Å². The van der Waals surface area contributed by atoms with Gasteiger partial charge in [0.1, 0.15) is 6.04 Å². The fourth-order valence-electron chi connectivity index (χ4n) is 3.01. The smallest absolute Gasteiger partial charge is 0.404 e. The van der Waals surface area contributed by atoms with Crippen LogP contribution in [-0.2, 0) is 11.3 Å². The molecular formula is C23H24N4O4S2. The minimum atomic E-state index is -1.14. The van der Waals surface area contributed by atoms with E-state index < -0.39 is 18.0 Å². The molecule has 0 aliphatic carbocycles. The van der Waals surface area contributed by atoms with Crippen molar-refractivity contribution in [3.8, 4) is 11.3 Å². The summed E-state index contributed by atoms with van der Waals surface area (Å²) in [7, 11) is 0. The van der Waals surface area contributed by atoms with Crippen molar-refractivity contribution in [1.29, 1.82) is 0 Å². The fourth-order valence-corrected chi connectivity index (χ4v) is 4.21. The minimum absolute atomic E-state index is 0.0840. The summed E-state index contributed by atoms with van der Waals surface area (Å²) in [5, 5.41) is 19.0. The summed E-state index contributed by atoms with van der Waals surface area (Å²) in [5.74, 6) is -0.0544. The average molecular weight is 485 g/mol. The minimum Gasteiger partial charge on any atom is -0.465 e. The molecule has 10 heteroatoms. The first-order valence-corrected chi connectivity index (χ1v) is 12.4. The Labute approximate surface area is 199 Å². The maximum absolute atomic E-state index is 12.9. The molecule has 3 amide bonds. The second-order valence-electron chi connectivity index (χ2n) is 7.06. The van der Waals surface area contributed by atoms with Gasteiger partial charge in [-0.1, -0.05) is 42.5 Å². The number of thioether (sulfide) groups is 1. The van der Waals surface area contributed by atoms with Gasteiger partial charge in [-0.2, -0.15) is 11.8 Å². The lowest BCUT2D eigenvalue weighted by molar-refractivity contribution is -0.118. The zero-order valence-electron chi connectivity index (χ0n) is 17.9. The van der Waals surface area contributed by atoms with Gasteiger partial charge in [0.2, 0.25) is 5.91 Å². The number of nitrogens with zero attached hydrogens (tertiary/aromatic N) is 1. The van der Waals surface area contributed by atoms with E-state index in [1.165, 1.54) is 11.3 Å². The van der Waals surface area contributed by atoms with Gasteiger partial charge < -0.3 is 21.1 Å². The molecule has 1 aromatic heterocycles. The molecule has 0 fully saturated rings. The van der Waals surface area contributed by atoms with E-state index in [9.17, 15) is 14.4 Å².